The highest BCUT2D eigenvalue weighted by Gasteiger charge is 2.23. The monoisotopic (exact) mass is 203 g/mol. The molecule has 0 bridgehead atoms. The molecule has 1 heterocycles. The first kappa shape index (κ1) is 9.90. The molecule has 1 unspecified atom stereocenters. The fourth-order valence-electron chi connectivity index (χ4n) is 1.85. The second-order valence-electron chi connectivity index (χ2n) is 3.55. The number of aromatic nitrogens is 1. The van der Waals surface area contributed by atoms with Crippen LogP contribution in [0.15, 0.2) is 18.3 Å². The van der Waals surface area contributed by atoms with Crippen molar-refractivity contribution >= 4 is 11.9 Å². The maximum atomic E-state index is 11.6. The van der Waals surface area contributed by atoms with Crippen molar-refractivity contribution in [2.45, 2.75) is 19.3 Å². The molecule has 2 rings (SSSR count). The summed E-state index contributed by atoms with van der Waals surface area (Å²) < 4.78 is 5.11. The van der Waals surface area contributed by atoms with E-state index >= 15 is 0 Å². The SMILES string of the molecule is CCC1C(=O)C=Cc2ncc(OC)cc21. The Hall–Kier alpha value is -1.64. The fourth-order valence-corrected chi connectivity index (χ4v) is 1.85. The normalized spacial score (nSPS) is 18.8. The standard InChI is InChI=1S/C12H13NO2/c1-3-9-10-6-8(15-2)7-13-11(10)4-5-12(9)14/h4-7,9H,3H2,1-2H3. The largest absolute Gasteiger partial charge is 0.495 e. The first-order chi connectivity index (χ1) is 7.26. The molecule has 0 N–H and O–H groups in total. The summed E-state index contributed by atoms with van der Waals surface area (Å²) in [5.74, 6) is 0.794. The average molecular weight is 203 g/mol. The number of rotatable bonds is 2. The molecule has 0 amide bonds. The predicted molar refractivity (Wildman–Crippen MR) is 57.9 cm³/mol. The third-order valence-electron chi connectivity index (χ3n) is 2.69. The number of carbonyl (C=O) groups is 1. The number of allylic oxidation sites excluding steroid dienone is 1. The molecule has 1 aromatic rings. The smallest absolute Gasteiger partial charge is 0.163 e. The molecule has 0 radical (unpaired) electrons. The van der Waals surface area contributed by atoms with Gasteiger partial charge in [-0.3, -0.25) is 9.78 Å². The summed E-state index contributed by atoms with van der Waals surface area (Å²) in [6.45, 7) is 2.00. The first-order valence-corrected chi connectivity index (χ1v) is 5.02. The van der Waals surface area contributed by atoms with E-state index in [1.54, 1.807) is 25.5 Å². The van der Waals surface area contributed by atoms with Gasteiger partial charge >= 0.3 is 0 Å². The van der Waals surface area contributed by atoms with Crippen LogP contribution in [0, 0.1) is 0 Å². The molecular weight excluding hydrogens is 190 g/mol. The fraction of sp³-hybridized carbons (Fsp3) is 0.333. The van der Waals surface area contributed by atoms with Gasteiger partial charge < -0.3 is 4.74 Å². The Labute approximate surface area is 88.8 Å². The molecule has 0 fully saturated rings. The van der Waals surface area contributed by atoms with Crippen LogP contribution >= 0.6 is 0 Å². The van der Waals surface area contributed by atoms with E-state index in [9.17, 15) is 4.79 Å². The molecule has 0 saturated carbocycles. The van der Waals surface area contributed by atoms with Crippen molar-refractivity contribution in [3.63, 3.8) is 0 Å². The number of methoxy groups -OCH3 is 1. The van der Waals surface area contributed by atoms with Crippen molar-refractivity contribution < 1.29 is 9.53 Å². The first-order valence-electron chi connectivity index (χ1n) is 5.02. The van der Waals surface area contributed by atoms with Crippen molar-refractivity contribution in [3.8, 4) is 5.75 Å². The van der Waals surface area contributed by atoms with E-state index in [1.165, 1.54) is 0 Å². The number of nitrogens with zero attached hydrogens (tertiary/aromatic N) is 1. The molecule has 1 aliphatic carbocycles. The van der Waals surface area contributed by atoms with Crippen molar-refractivity contribution in [2.75, 3.05) is 7.11 Å². The van der Waals surface area contributed by atoms with Crippen LogP contribution in [0.1, 0.15) is 30.5 Å². The zero-order valence-electron chi connectivity index (χ0n) is 8.86. The van der Waals surface area contributed by atoms with Gasteiger partial charge in [-0.05, 0) is 30.2 Å². The highest BCUT2D eigenvalue weighted by Crippen LogP contribution is 2.30. The Bertz CT molecular complexity index is 424. The second kappa shape index (κ2) is 3.85. The van der Waals surface area contributed by atoms with Crippen molar-refractivity contribution in [1.29, 1.82) is 0 Å². The Balaban J connectivity index is 2.51. The third kappa shape index (κ3) is 1.65. The van der Waals surface area contributed by atoms with Gasteiger partial charge in [0.1, 0.15) is 5.75 Å². The van der Waals surface area contributed by atoms with Crippen molar-refractivity contribution in [1.82, 2.24) is 4.98 Å². The van der Waals surface area contributed by atoms with E-state index in [1.807, 2.05) is 13.0 Å². The van der Waals surface area contributed by atoms with Gasteiger partial charge in [0, 0.05) is 5.92 Å². The van der Waals surface area contributed by atoms with Gasteiger partial charge in [0.25, 0.3) is 0 Å². The molecule has 1 aromatic heterocycles. The molecule has 0 spiro atoms. The number of hydrogen-bond acceptors (Lipinski definition) is 3. The minimum atomic E-state index is -0.0624. The maximum Gasteiger partial charge on any atom is 0.163 e. The zero-order valence-corrected chi connectivity index (χ0v) is 8.86. The Morgan fingerprint density at radius 2 is 2.27 bits per heavy atom. The number of fused-ring (bicyclic) bond motifs is 1. The van der Waals surface area contributed by atoms with E-state index in [0.717, 1.165) is 17.7 Å². The van der Waals surface area contributed by atoms with E-state index in [0.29, 0.717) is 5.75 Å². The Morgan fingerprint density at radius 1 is 1.47 bits per heavy atom. The van der Waals surface area contributed by atoms with Crippen LogP contribution in [0.5, 0.6) is 5.75 Å². The van der Waals surface area contributed by atoms with E-state index in [-0.39, 0.29) is 11.7 Å². The predicted octanol–water partition coefficient (Wildman–Crippen LogP) is 2.18. The maximum absolute atomic E-state index is 11.6. The molecule has 0 aromatic carbocycles. The lowest BCUT2D eigenvalue weighted by atomic mass is 9.87. The second-order valence-corrected chi connectivity index (χ2v) is 3.55. The van der Waals surface area contributed by atoms with Gasteiger partial charge in [-0.2, -0.15) is 0 Å². The highest BCUT2D eigenvalue weighted by molar-refractivity contribution is 6.01. The van der Waals surface area contributed by atoms with Crippen LogP contribution in [0.25, 0.3) is 6.08 Å². The molecule has 78 valence electrons. The van der Waals surface area contributed by atoms with E-state index in [4.69, 9.17) is 4.74 Å². The molecule has 15 heavy (non-hydrogen) atoms. The summed E-state index contributed by atoms with van der Waals surface area (Å²) in [6, 6.07) is 1.90. The minimum Gasteiger partial charge on any atom is -0.495 e. The van der Waals surface area contributed by atoms with Crippen LogP contribution in [-0.4, -0.2) is 17.9 Å². The lowest BCUT2D eigenvalue weighted by molar-refractivity contribution is -0.116. The average Bonchev–Trinajstić information content (AvgIpc) is 2.28. The van der Waals surface area contributed by atoms with Gasteiger partial charge in [0.15, 0.2) is 5.78 Å². The summed E-state index contributed by atoms with van der Waals surface area (Å²) in [5, 5.41) is 0. The molecule has 3 heteroatoms. The van der Waals surface area contributed by atoms with E-state index in [2.05, 4.69) is 4.98 Å². The van der Waals surface area contributed by atoms with Gasteiger partial charge in [0.05, 0.1) is 19.0 Å². The molecular formula is C12H13NO2. The van der Waals surface area contributed by atoms with Crippen LogP contribution < -0.4 is 4.74 Å². The lowest BCUT2D eigenvalue weighted by Gasteiger charge is -2.18. The summed E-state index contributed by atoms with van der Waals surface area (Å²) >= 11 is 0. The lowest BCUT2D eigenvalue weighted by Crippen LogP contribution is -2.14. The Morgan fingerprint density at radius 3 is 2.93 bits per heavy atom. The highest BCUT2D eigenvalue weighted by atomic mass is 16.5. The van der Waals surface area contributed by atoms with Crippen LogP contribution in [0.3, 0.4) is 0 Å². The molecule has 1 aliphatic rings. The minimum absolute atomic E-state index is 0.0624. The quantitative estimate of drug-likeness (QED) is 0.739. The third-order valence-corrected chi connectivity index (χ3v) is 2.69. The van der Waals surface area contributed by atoms with Crippen molar-refractivity contribution in [3.05, 3.63) is 29.6 Å². The zero-order chi connectivity index (χ0) is 10.8. The topological polar surface area (TPSA) is 39.2 Å². The molecule has 1 atom stereocenters. The van der Waals surface area contributed by atoms with Crippen LogP contribution in [0.2, 0.25) is 0 Å². The van der Waals surface area contributed by atoms with E-state index < -0.39 is 0 Å². The number of pyridine rings is 1. The molecule has 0 aliphatic heterocycles. The molecule has 3 nitrogen and oxygen atoms in total. The summed E-state index contributed by atoms with van der Waals surface area (Å²) in [6.07, 6.45) is 5.84. The van der Waals surface area contributed by atoms with Crippen molar-refractivity contribution in [2.24, 2.45) is 0 Å². The number of ether oxygens (including phenoxy) is 1. The molecule has 0 saturated heterocycles. The van der Waals surface area contributed by atoms with Gasteiger partial charge in [-0.1, -0.05) is 6.92 Å². The summed E-state index contributed by atoms with van der Waals surface area (Å²) in [7, 11) is 1.60. The summed E-state index contributed by atoms with van der Waals surface area (Å²) in [5.41, 5.74) is 1.85. The number of carbonyl (C=O) groups excluding carboxylic acids is 1. The summed E-state index contributed by atoms with van der Waals surface area (Å²) in [4.78, 5) is 15.9. The van der Waals surface area contributed by atoms with Crippen LogP contribution in [-0.2, 0) is 4.79 Å². The van der Waals surface area contributed by atoms with Crippen LogP contribution in [0.4, 0.5) is 0 Å². The van der Waals surface area contributed by atoms with Gasteiger partial charge in [-0.25, -0.2) is 0 Å². The van der Waals surface area contributed by atoms with Gasteiger partial charge in [-0.15, -0.1) is 0 Å². The Kier molecular flexibility index (Phi) is 2.54. The number of ketones is 1. The number of hydrogen-bond donors (Lipinski definition) is 0. The van der Waals surface area contributed by atoms with Gasteiger partial charge in [0.2, 0.25) is 0 Å².